The van der Waals surface area contributed by atoms with Crippen molar-refractivity contribution in [2.45, 2.75) is 44.4 Å². The molecule has 1 heterocycles. The highest BCUT2D eigenvalue weighted by Crippen LogP contribution is 2.31. The molecule has 1 aromatic heterocycles. The van der Waals surface area contributed by atoms with Crippen LogP contribution in [0.3, 0.4) is 0 Å². The maximum atomic E-state index is 13.5. The van der Waals surface area contributed by atoms with Crippen molar-refractivity contribution in [3.8, 4) is 0 Å². The monoisotopic (exact) mass is 552 g/mol. The zero-order valence-corrected chi connectivity index (χ0v) is 22.1. The Morgan fingerprint density at radius 3 is 2.37 bits per heavy atom. The van der Waals surface area contributed by atoms with Crippen LogP contribution in [0, 0.1) is 6.92 Å². The topological polar surface area (TPSA) is 80.1 Å². The van der Waals surface area contributed by atoms with Crippen molar-refractivity contribution in [3.63, 3.8) is 0 Å². The van der Waals surface area contributed by atoms with E-state index in [2.05, 4.69) is 0 Å². The Morgan fingerprint density at radius 2 is 1.74 bits per heavy atom. The molecule has 38 heavy (non-hydrogen) atoms. The third-order valence-corrected chi connectivity index (χ3v) is 7.56. The molecule has 0 aliphatic rings. The Morgan fingerprint density at radius 1 is 1.00 bits per heavy atom. The van der Waals surface area contributed by atoms with Crippen LogP contribution in [-0.4, -0.2) is 49.8 Å². The van der Waals surface area contributed by atoms with E-state index >= 15 is 0 Å². The second-order valence-corrected chi connectivity index (χ2v) is 10.6. The van der Waals surface area contributed by atoms with Crippen LogP contribution in [0.5, 0.6) is 0 Å². The average Bonchev–Trinajstić information content (AvgIpc) is 3.30. The Labute approximate surface area is 220 Å². The first-order valence-corrected chi connectivity index (χ1v) is 13.6. The highest BCUT2D eigenvalue weighted by atomic mass is 32.2. The summed E-state index contributed by atoms with van der Waals surface area (Å²) in [5.74, 6) is 0.669. The summed E-state index contributed by atoms with van der Waals surface area (Å²) in [4.78, 5) is 14.5. The Balaban J connectivity index is 1.90. The molecule has 2 aromatic carbocycles. The quantitative estimate of drug-likeness (QED) is 0.271. The fourth-order valence-electron chi connectivity index (χ4n) is 3.80. The number of rotatable bonds is 13. The molecule has 0 spiro atoms. The van der Waals surface area contributed by atoms with E-state index < -0.39 is 39.1 Å². The van der Waals surface area contributed by atoms with E-state index in [1.54, 1.807) is 26.0 Å². The van der Waals surface area contributed by atoms with Crippen LogP contribution in [0.25, 0.3) is 0 Å². The Hall–Kier alpha value is -3.15. The van der Waals surface area contributed by atoms with Gasteiger partial charge in [-0.05, 0) is 56.2 Å². The number of benzene rings is 2. The van der Waals surface area contributed by atoms with Gasteiger partial charge in [-0.1, -0.05) is 36.4 Å². The summed E-state index contributed by atoms with van der Waals surface area (Å²) in [7, 11) is -4.43. The van der Waals surface area contributed by atoms with E-state index in [1.807, 2.05) is 30.3 Å². The van der Waals surface area contributed by atoms with Crippen molar-refractivity contribution in [1.29, 1.82) is 0 Å². The number of furan rings is 1. The maximum absolute atomic E-state index is 13.5. The predicted molar refractivity (Wildman–Crippen MR) is 135 cm³/mol. The molecular formula is C27H31F3N2O5S. The van der Waals surface area contributed by atoms with Gasteiger partial charge in [0.1, 0.15) is 11.5 Å². The van der Waals surface area contributed by atoms with Crippen LogP contribution in [0.4, 0.5) is 13.2 Å². The largest absolute Gasteiger partial charge is 0.464 e. The van der Waals surface area contributed by atoms with Gasteiger partial charge in [0.25, 0.3) is 0 Å². The number of carbonyl (C=O) groups excluding carboxylic acids is 1. The number of sulfonamides is 1. The number of ether oxygens (including phenoxy) is 1. The summed E-state index contributed by atoms with van der Waals surface area (Å²) in [5, 5.41) is 0. The van der Waals surface area contributed by atoms with Crippen LogP contribution in [-0.2, 0) is 38.8 Å². The van der Waals surface area contributed by atoms with Gasteiger partial charge in [0.15, 0.2) is 0 Å². The van der Waals surface area contributed by atoms with E-state index in [-0.39, 0.29) is 32.7 Å². The zero-order valence-electron chi connectivity index (χ0n) is 21.3. The minimum Gasteiger partial charge on any atom is -0.464 e. The predicted octanol–water partition coefficient (Wildman–Crippen LogP) is 5.25. The standard InChI is InChI=1S/C27H31F3N2O5S/c1-3-36-16-8-15-32(38(34,35)25-12-7-11-23(17-25)27(28,29)30)20-26(33)31(18-22-9-5-4-6-10-22)19-24-14-13-21(2)37-24/h4-7,9-14,17H,3,8,15-16,18-20H2,1-2H3. The first kappa shape index (κ1) is 29.4. The maximum Gasteiger partial charge on any atom is 0.416 e. The molecule has 0 aliphatic carbocycles. The number of amides is 1. The first-order chi connectivity index (χ1) is 18.0. The van der Waals surface area contributed by atoms with E-state index in [9.17, 15) is 26.4 Å². The van der Waals surface area contributed by atoms with Crippen molar-refractivity contribution < 1.29 is 35.5 Å². The molecule has 0 aliphatic heterocycles. The third-order valence-electron chi connectivity index (χ3n) is 5.72. The number of hydrogen-bond donors (Lipinski definition) is 0. The first-order valence-electron chi connectivity index (χ1n) is 12.1. The molecule has 0 unspecified atom stereocenters. The Kier molecular flexibility index (Phi) is 10.1. The average molecular weight is 553 g/mol. The van der Waals surface area contributed by atoms with Crippen molar-refractivity contribution in [3.05, 3.63) is 89.4 Å². The van der Waals surface area contributed by atoms with Crippen molar-refractivity contribution in [1.82, 2.24) is 9.21 Å². The second-order valence-electron chi connectivity index (χ2n) is 8.66. The third kappa shape index (κ3) is 8.17. The molecule has 1 amide bonds. The zero-order chi connectivity index (χ0) is 27.8. The Bertz CT molecular complexity index is 1290. The molecule has 0 atom stereocenters. The summed E-state index contributed by atoms with van der Waals surface area (Å²) < 4.78 is 78.7. The molecule has 0 saturated carbocycles. The second kappa shape index (κ2) is 13.1. The lowest BCUT2D eigenvalue weighted by Crippen LogP contribution is -2.43. The molecule has 0 bridgehead atoms. The summed E-state index contributed by atoms with van der Waals surface area (Å²) in [6.45, 7) is 3.84. The minimum atomic E-state index is -4.71. The number of hydrogen-bond acceptors (Lipinski definition) is 5. The minimum absolute atomic E-state index is 0.0952. The van der Waals surface area contributed by atoms with E-state index in [1.165, 1.54) is 4.90 Å². The van der Waals surface area contributed by atoms with Crippen molar-refractivity contribution in [2.75, 3.05) is 26.3 Å². The lowest BCUT2D eigenvalue weighted by atomic mass is 10.2. The number of aryl methyl sites for hydroxylation is 1. The van der Waals surface area contributed by atoms with E-state index in [0.717, 1.165) is 28.1 Å². The SMILES string of the molecule is CCOCCCN(CC(=O)N(Cc1ccccc1)Cc1ccc(C)o1)S(=O)(=O)c1cccc(C(F)(F)F)c1. The van der Waals surface area contributed by atoms with Crippen molar-refractivity contribution in [2.24, 2.45) is 0 Å². The van der Waals surface area contributed by atoms with Gasteiger partial charge in [-0.3, -0.25) is 4.79 Å². The van der Waals surface area contributed by atoms with Gasteiger partial charge in [-0.2, -0.15) is 17.5 Å². The number of alkyl halides is 3. The van der Waals surface area contributed by atoms with Crippen LogP contribution < -0.4 is 0 Å². The summed E-state index contributed by atoms with van der Waals surface area (Å²) >= 11 is 0. The van der Waals surface area contributed by atoms with Gasteiger partial charge < -0.3 is 14.1 Å². The molecular weight excluding hydrogens is 521 g/mol. The van der Waals surface area contributed by atoms with Crippen LogP contribution in [0.2, 0.25) is 0 Å². The van der Waals surface area contributed by atoms with Crippen LogP contribution in [0.1, 0.15) is 36.0 Å². The normalized spacial score (nSPS) is 12.2. The highest BCUT2D eigenvalue weighted by molar-refractivity contribution is 7.89. The molecule has 0 fully saturated rings. The molecule has 7 nitrogen and oxygen atoms in total. The molecule has 0 N–H and O–H groups in total. The lowest BCUT2D eigenvalue weighted by molar-refractivity contribution is -0.137. The molecule has 3 rings (SSSR count). The van der Waals surface area contributed by atoms with Crippen LogP contribution >= 0.6 is 0 Å². The summed E-state index contributed by atoms with van der Waals surface area (Å²) in [6.07, 6.45) is -4.45. The molecule has 0 saturated heterocycles. The number of carbonyl (C=O) groups is 1. The van der Waals surface area contributed by atoms with Gasteiger partial charge in [0.2, 0.25) is 15.9 Å². The smallest absolute Gasteiger partial charge is 0.416 e. The number of nitrogens with zero attached hydrogens (tertiary/aromatic N) is 2. The summed E-state index contributed by atoms with van der Waals surface area (Å²) in [5.41, 5.74) is -0.258. The summed E-state index contributed by atoms with van der Waals surface area (Å²) in [6, 6.07) is 16.2. The lowest BCUT2D eigenvalue weighted by Gasteiger charge is -2.27. The molecule has 3 aromatic rings. The van der Waals surface area contributed by atoms with Gasteiger partial charge in [0, 0.05) is 26.3 Å². The number of halogens is 3. The molecule has 206 valence electrons. The van der Waals surface area contributed by atoms with E-state index in [0.29, 0.717) is 24.2 Å². The van der Waals surface area contributed by atoms with Gasteiger partial charge in [-0.25, -0.2) is 8.42 Å². The fourth-order valence-corrected chi connectivity index (χ4v) is 5.27. The van der Waals surface area contributed by atoms with Gasteiger partial charge in [0.05, 0.1) is 23.5 Å². The molecule has 11 heteroatoms. The highest BCUT2D eigenvalue weighted by Gasteiger charge is 2.34. The van der Waals surface area contributed by atoms with Crippen molar-refractivity contribution >= 4 is 15.9 Å². The molecule has 0 radical (unpaired) electrons. The van der Waals surface area contributed by atoms with Crippen LogP contribution in [0.15, 0.2) is 76.0 Å². The van der Waals surface area contributed by atoms with Gasteiger partial charge >= 0.3 is 6.18 Å². The van der Waals surface area contributed by atoms with E-state index in [4.69, 9.17) is 9.15 Å². The fraction of sp³-hybridized carbons (Fsp3) is 0.370. The van der Waals surface area contributed by atoms with Gasteiger partial charge in [-0.15, -0.1) is 0 Å².